The quantitative estimate of drug-likeness (QED) is 0.444. The number of hydrogen-bond acceptors (Lipinski definition) is 3. The van der Waals surface area contributed by atoms with Crippen LogP contribution in [0.5, 0.6) is 0 Å². The van der Waals surface area contributed by atoms with Crippen LogP contribution in [0.2, 0.25) is 0 Å². The van der Waals surface area contributed by atoms with Gasteiger partial charge in [0.15, 0.2) is 7.98 Å². The first-order valence-electron chi connectivity index (χ1n) is 5.73. The first kappa shape index (κ1) is 15.3. The van der Waals surface area contributed by atoms with Gasteiger partial charge in [-0.3, -0.25) is 0 Å². The first-order chi connectivity index (χ1) is 7.02. The Bertz CT molecular complexity index is 156. The minimum Gasteiger partial charge on any atom is -0.375 e. The summed E-state index contributed by atoms with van der Waals surface area (Å²) in [6.45, 7) is 11.2. The van der Waals surface area contributed by atoms with Gasteiger partial charge < -0.3 is 9.55 Å². The molecule has 0 saturated carbocycles. The lowest BCUT2D eigenvalue weighted by atomic mass is 10.1. The van der Waals surface area contributed by atoms with E-state index in [0.29, 0.717) is 0 Å². The zero-order valence-corrected chi connectivity index (χ0v) is 11.4. The maximum atomic E-state index is 5.75. The molecule has 0 spiro atoms. The second kappa shape index (κ2) is 8.48. The Balaban J connectivity index is 3.25. The molecule has 0 bridgehead atoms. The zero-order chi connectivity index (χ0) is 11.7. The van der Waals surface area contributed by atoms with Crippen molar-refractivity contribution in [2.75, 3.05) is 31.2 Å². The number of thioether (sulfide) groups is 1. The van der Waals surface area contributed by atoms with Gasteiger partial charge in [0, 0.05) is 11.5 Å². The molecule has 0 aromatic heterocycles. The van der Waals surface area contributed by atoms with Crippen molar-refractivity contribution < 1.29 is 4.74 Å². The molecule has 0 aliphatic carbocycles. The fraction of sp³-hybridized carbons (Fsp3) is 1.00. The lowest BCUT2D eigenvalue weighted by Gasteiger charge is -2.23. The number of nitrogens with zero attached hydrogens (tertiary/aromatic N) is 1. The Kier molecular flexibility index (Phi) is 8.67. The highest BCUT2D eigenvalue weighted by molar-refractivity contribution is 7.99. The molecular weight excluding hydrogens is 205 g/mol. The van der Waals surface area contributed by atoms with Gasteiger partial charge in [0.2, 0.25) is 0 Å². The summed E-state index contributed by atoms with van der Waals surface area (Å²) in [5.74, 6) is 2.14. The summed E-state index contributed by atoms with van der Waals surface area (Å²) >= 11 is 1.90. The minimum absolute atomic E-state index is 0.0316. The van der Waals surface area contributed by atoms with Crippen molar-refractivity contribution in [3.63, 3.8) is 0 Å². The second-order valence-electron chi connectivity index (χ2n) is 4.20. The molecule has 0 aliphatic heterocycles. The fourth-order valence-corrected chi connectivity index (χ4v) is 1.69. The first-order valence-corrected chi connectivity index (χ1v) is 6.88. The standard InChI is InChI=1S/C11H24BNOS/c1-5-11(3,4)14-8-10-15-9-7-13(12)6-2/h5-10H2,1-4H3. The fourth-order valence-electron chi connectivity index (χ4n) is 0.921. The van der Waals surface area contributed by atoms with Crippen LogP contribution in [0.3, 0.4) is 0 Å². The highest BCUT2D eigenvalue weighted by Gasteiger charge is 2.14. The van der Waals surface area contributed by atoms with Gasteiger partial charge in [-0.05, 0) is 33.4 Å². The summed E-state index contributed by atoms with van der Waals surface area (Å²) in [7, 11) is 5.67. The Hall–Kier alpha value is 0.335. The highest BCUT2D eigenvalue weighted by Crippen LogP contribution is 2.14. The Morgan fingerprint density at radius 2 is 1.93 bits per heavy atom. The lowest BCUT2D eigenvalue weighted by Crippen LogP contribution is -2.25. The summed E-state index contributed by atoms with van der Waals surface area (Å²) in [5, 5.41) is 0. The molecule has 4 heteroatoms. The molecule has 15 heavy (non-hydrogen) atoms. The molecule has 0 amide bonds. The average molecular weight is 229 g/mol. The molecule has 0 rings (SSSR count). The molecule has 0 atom stereocenters. The topological polar surface area (TPSA) is 12.5 Å². The van der Waals surface area contributed by atoms with E-state index in [1.54, 1.807) is 0 Å². The van der Waals surface area contributed by atoms with Crippen LogP contribution in [0.15, 0.2) is 0 Å². The average Bonchev–Trinajstić information content (AvgIpc) is 2.22. The van der Waals surface area contributed by atoms with Crippen LogP contribution >= 0.6 is 11.8 Å². The van der Waals surface area contributed by atoms with Gasteiger partial charge in [0.05, 0.1) is 12.2 Å². The van der Waals surface area contributed by atoms with E-state index in [2.05, 4.69) is 27.7 Å². The Morgan fingerprint density at radius 1 is 1.27 bits per heavy atom. The largest absolute Gasteiger partial charge is 0.375 e. The van der Waals surface area contributed by atoms with Crippen LogP contribution in [0.4, 0.5) is 0 Å². The molecule has 0 fully saturated rings. The van der Waals surface area contributed by atoms with Crippen molar-refractivity contribution in [2.24, 2.45) is 0 Å². The minimum atomic E-state index is 0.0316. The molecule has 2 radical (unpaired) electrons. The summed E-state index contributed by atoms with van der Waals surface area (Å²) in [5.41, 5.74) is 0.0316. The smallest absolute Gasteiger partial charge is 0.182 e. The third kappa shape index (κ3) is 9.27. The van der Waals surface area contributed by atoms with Gasteiger partial charge >= 0.3 is 0 Å². The molecule has 0 unspecified atom stereocenters. The Morgan fingerprint density at radius 3 is 2.47 bits per heavy atom. The molecule has 0 heterocycles. The van der Waals surface area contributed by atoms with Crippen LogP contribution in [-0.2, 0) is 4.74 Å². The summed E-state index contributed by atoms with van der Waals surface area (Å²) in [6.07, 6.45) is 1.06. The van der Waals surface area contributed by atoms with Gasteiger partial charge in [-0.15, -0.1) is 0 Å². The van der Waals surface area contributed by atoms with Crippen molar-refractivity contribution >= 4 is 19.7 Å². The van der Waals surface area contributed by atoms with Crippen LogP contribution < -0.4 is 0 Å². The zero-order valence-electron chi connectivity index (χ0n) is 10.6. The second-order valence-corrected chi connectivity index (χ2v) is 5.43. The SMILES string of the molecule is [B]N(CC)CCSCCOC(C)(C)CC. The van der Waals surface area contributed by atoms with Crippen molar-refractivity contribution in [1.82, 2.24) is 4.81 Å². The number of rotatable bonds is 9. The van der Waals surface area contributed by atoms with E-state index in [1.807, 2.05) is 16.6 Å². The molecule has 0 saturated heterocycles. The van der Waals surface area contributed by atoms with E-state index in [1.165, 1.54) is 0 Å². The van der Waals surface area contributed by atoms with Crippen molar-refractivity contribution in [3.8, 4) is 0 Å². The van der Waals surface area contributed by atoms with Crippen LogP contribution in [0.1, 0.15) is 34.1 Å². The predicted octanol–water partition coefficient (Wildman–Crippen LogP) is 2.33. The summed E-state index contributed by atoms with van der Waals surface area (Å²) in [6, 6.07) is 0. The van der Waals surface area contributed by atoms with E-state index in [4.69, 9.17) is 12.7 Å². The Labute approximate surface area is 101 Å². The number of hydrogen-bond donors (Lipinski definition) is 0. The molecule has 0 aliphatic rings. The monoisotopic (exact) mass is 229 g/mol. The third-order valence-corrected chi connectivity index (χ3v) is 3.43. The molecule has 0 aromatic carbocycles. The normalized spacial score (nSPS) is 12.3. The van der Waals surface area contributed by atoms with Gasteiger partial charge in [0.25, 0.3) is 0 Å². The molecule has 0 N–H and O–H groups in total. The maximum Gasteiger partial charge on any atom is 0.182 e. The summed E-state index contributed by atoms with van der Waals surface area (Å²) in [4.78, 5) is 1.84. The molecule has 88 valence electrons. The third-order valence-electron chi connectivity index (χ3n) is 2.50. The van der Waals surface area contributed by atoms with Crippen LogP contribution in [0, 0.1) is 0 Å². The molecule has 2 nitrogen and oxygen atoms in total. The predicted molar refractivity (Wildman–Crippen MR) is 70.6 cm³/mol. The van der Waals surface area contributed by atoms with Gasteiger partial charge in [-0.25, -0.2) is 0 Å². The highest BCUT2D eigenvalue weighted by atomic mass is 32.2. The van der Waals surface area contributed by atoms with Gasteiger partial charge in [0.1, 0.15) is 0 Å². The molecule has 0 aromatic rings. The lowest BCUT2D eigenvalue weighted by molar-refractivity contribution is -0.0109. The maximum absolute atomic E-state index is 5.75. The van der Waals surface area contributed by atoms with Crippen LogP contribution in [0.25, 0.3) is 0 Å². The number of ether oxygens (including phenoxy) is 1. The van der Waals surface area contributed by atoms with Crippen LogP contribution in [-0.4, -0.2) is 49.6 Å². The molecular formula is C11H24BNOS. The van der Waals surface area contributed by atoms with E-state index < -0.39 is 0 Å². The van der Waals surface area contributed by atoms with Gasteiger partial charge in [-0.2, -0.15) is 11.8 Å². The van der Waals surface area contributed by atoms with E-state index in [0.717, 1.165) is 37.6 Å². The van der Waals surface area contributed by atoms with Crippen molar-refractivity contribution in [2.45, 2.75) is 39.7 Å². The summed E-state index contributed by atoms with van der Waals surface area (Å²) < 4.78 is 5.75. The van der Waals surface area contributed by atoms with E-state index in [9.17, 15) is 0 Å². The van der Waals surface area contributed by atoms with Crippen molar-refractivity contribution in [3.05, 3.63) is 0 Å². The van der Waals surface area contributed by atoms with E-state index >= 15 is 0 Å². The van der Waals surface area contributed by atoms with Crippen molar-refractivity contribution in [1.29, 1.82) is 0 Å². The van der Waals surface area contributed by atoms with E-state index in [-0.39, 0.29) is 5.60 Å². The van der Waals surface area contributed by atoms with Gasteiger partial charge in [-0.1, -0.05) is 13.8 Å².